The first-order valence-corrected chi connectivity index (χ1v) is 10.1. The Labute approximate surface area is 179 Å². The SMILES string of the molecule is Cc1ccc(C(=O)N2CCN(C(=O)c3ccc4c(c3)OCO4)C2C(=O)NCCN)cc1. The first-order valence-electron chi connectivity index (χ1n) is 10.1. The van der Waals surface area contributed by atoms with E-state index in [0.717, 1.165) is 5.56 Å². The quantitative estimate of drug-likeness (QED) is 0.731. The summed E-state index contributed by atoms with van der Waals surface area (Å²) in [7, 11) is 0. The summed E-state index contributed by atoms with van der Waals surface area (Å²) in [6, 6.07) is 12.0. The average molecular weight is 424 g/mol. The number of aryl methyl sites for hydroxylation is 1. The molecule has 0 aliphatic carbocycles. The van der Waals surface area contributed by atoms with E-state index in [1.807, 2.05) is 19.1 Å². The number of benzene rings is 2. The summed E-state index contributed by atoms with van der Waals surface area (Å²) in [6.45, 7) is 2.99. The lowest BCUT2D eigenvalue weighted by Gasteiger charge is -2.29. The van der Waals surface area contributed by atoms with Crippen LogP contribution < -0.4 is 20.5 Å². The van der Waals surface area contributed by atoms with Gasteiger partial charge >= 0.3 is 0 Å². The van der Waals surface area contributed by atoms with Crippen LogP contribution in [0.3, 0.4) is 0 Å². The predicted molar refractivity (Wildman–Crippen MR) is 112 cm³/mol. The molecule has 3 N–H and O–H groups in total. The Morgan fingerprint density at radius 3 is 2.26 bits per heavy atom. The van der Waals surface area contributed by atoms with Gasteiger partial charge in [-0.15, -0.1) is 0 Å². The second-order valence-corrected chi connectivity index (χ2v) is 7.38. The van der Waals surface area contributed by atoms with Gasteiger partial charge in [-0.3, -0.25) is 14.4 Å². The molecule has 162 valence electrons. The van der Waals surface area contributed by atoms with Crippen LogP contribution in [-0.4, -0.2) is 66.7 Å². The normalized spacial score (nSPS) is 17.0. The number of rotatable bonds is 5. The van der Waals surface area contributed by atoms with E-state index < -0.39 is 12.1 Å². The third kappa shape index (κ3) is 4.04. The molecule has 2 aliphatic heterocycles. The van der Waals surface area contributed by atoms with Crippen molar-refractivity contribution in [3.05, 3.63) is 59.2 Å². The number of nitrogens with two attached hydrogens (primary N) is 1. The zero-order chi connectivity index (χ0) is 22.0. The van der Waals surface area contributed by atoms with Gasteiger partial charge in [0.25, 0.3) is 17.7 Å². The van der Waals surface area contributed by atoms with E-state index in [-0.39, 0.29) is 44.8 Å². The Balaban J connectivity index is 1.61. The van der Waals surface area contributed by atoms with Crippen molar-refractivity contribution in [2.24, 2.45) is 5.73 Å². The van der Waals surface area contributed by atoms with Gasteiger partial charge in [-0.25, -0.2) is 0 Å². The van der Waals surface area contributed by atoms with Gasteiger partial charge in [0, 0.05) is 37.3 Å². The van der Waals surface area contributed by atoms with Gasteiger partial charge < -0.3 is 30.3 Å². The number of hydrogen-bond acceptors (Lipinski definition) is 6. The van der Waals surface area contributed by atoms with E-state index in [1.54, 1.807) is 30.3 Å². The van der Waals surface area contributed by atoms with Crippen LogP contribution in [0.5, 0.6) is 11.5 Å². The molecule has 1 fully saturated rings. The average Bonchev–Trinajstić information content (AvgIpc) is 3.43. The molecule has 2 aliphatic rings. The predicted octanol–water partition coefficient (Wildman–Crippen LogP) is 0.723. The number of hydrogen-bond donors (Lipinski definition) is 2. The van der Waals surface area contributed by atoms with E-state index in [2.05, 4.69) is 5.32 Å². The smallest absolute Gasteiger partial charge is 0.263 e. The van der Waals surface area contributed by atoms with Gasteiger partial charge in [0.15, 0.2) is 17.7 Å². The van der Waals surface area contributed by atoms with Crippen molar-refractivity contribution in [2.75, 3.05) is 33.0 Å². The van der Waals surface area contributed by atoms with Gasteiger partial charge in [0.1, 0.15) is 0 Å². The summed E-state index contributed by atoms with van der Waals surface area (Å²) in [4.78, 5) is 42.2. The van der Waals surface area contributed by atoms with Gasteiger partial charge in [0.05, 0.1) is 0 Å². The minimum atomic E-state index is -1.07. The lowest BCUT2D eigenvalue weighted by atomic mass is 10.1. The van der Waals surface area contributed by atoms with Crippen LogP contribution in [0.4, 0.5) is 0 Å². The number of amides is 3. The highest BCUT2D eigenvalue weighted by molar-refractivity contribution is 6.02. The molecule has 0 bridgehead atoms. The summed E-state index contributed by atoms with van der Waals surface area (Å²) >= 11 is 0. The molecule has 2 aromatic rings. The number of nitrogens with one attached hydrogen (secondary N) is 1. The van der Waals surface area contributed by atoms with Crippen molar-refractivity contribution < 1.29 is 23.9 Å². The minimum absolute atomic E-state index is 0.0969. The van der Waals surface area contributed by atoms with Crippen molar-refractivity contribution in [3.63, 3.8) is 0 Å². The van der Waals surface area contributed by atoms with E-state index in [0.29, 0.717) is 22.6 Å². The maximum atomic E-state index is 13.3. The number of carbonyl (C=O) groups excluding carboxylic acids is 3. The molecule has 1 saturated heterocycles. The topological polar surface area (TPSA) is 114 Å². The van der Waals surface area contributed by atoms with E-state index in [4.69, 9.17) is 15.2 Å². The molecular formula is C22H24N4O5. The van der Waals surface area contributed by atoms with Gasteiger partial charge in [-0.1, -0.05) is 17.7 Å². The molecule has 1 unspecified atom stereocenters. The van der Waals surface area contributed by atoms with Gasteiger partial charge in [-0.2, -0.15) is 0 Å². The van der Waals surface area contributed by atoms with Crippen LogP contribution >= 0.6 is 0 Å². The fraction of sp³-hybridized carbons (Fsp3) is 0.318. The van der Waals surface area contributed by atoms with E-state index in [1.165, 1.54) is 9.80 Å². The maximum Gasteiger partial charge on any atom is 0.263 e. The van der Waals surface area contributed by atoms with Crippen molar-refractivity contribution in [1.82, 2.24) is 15.1 Å². The summed E-state index contributed by atoms with van der Waals surface area (Å²) in [5.41, 5.74) is 7.34. The molecule has 0 radical (unpaired) electrons. The fourth-order valence-electron chi connectivity index (χ4n) is 3.68. The Kier molecular flexibility index (Phi) is 5.77. The highest BCUT2D eigenvalue weighted by atomic mass is 16.7. The number of fused-ring (bicyclic) bond motifs is 1. The van der Waals surface area contributed by atoms with Crippen LogP contribution in [0.2, 0.25) is 0 Å². The van der Waals surface area contributed by atoms with Crippen LogP contribution in [0.25, 0.3) is 0 Å². The Bertz CT molecular complexity index is 1010. The molecule has 0 spiro atoms. The minimum Gasteiger partial charge on any atom is -0.454 e. The molecule has 1 atom stereocenters. The third-order valence-electron chi connectivity index (χ3n) is 5.29. The van der Waals surface area contributed by atoms with Gasteiger partial charge in [-0.05, 0) is 37.3 Å². The number of nitrogens with zero attached hydrogens (tertiary/aromatic N) is 2. The molecule has 9 heteroatoms. The Morgan fingerprint density at radius 1 is 0.968 bits per heavy atom. The van der Waals surface area contributed by atoms with E-state index in [9.17, 15) is 14.4 Å². The molecule has 2 aromatic carbocycles. The zero-order valence-electron chi connectivity index (χ0n) is 17.2. The molecule has 4 rings (SSSR count). The molecule has 31 heavy (non-hydrogen) atoms. The first kappa shape index (κ1) is 20.7. The second-order valence-electron chi connectivity index (χ2n) is 7.38. The monoisotopic (exact) mass is 424 g/mol. The van der Waals surface area contributed by atoms with Crippen molar-refractivity contribution >= 4 is 17.7 Å². The summed E-state index contributed by atoms with van der Waals surface area (Å²) in [6.07, 6.45) is -1.07. The van der Waals surface area contributed by atoms with Gasteiger partial charge in [0.2, 0.25) is 6.79 Å². The Morgan fingerprint density at radius 2 is 1.58 bits per heavy atom. The largest absolute Gasteiger partial charge is 0.454 e. The standard InChI is InChI=1S/C22H24N4O5/c1-14-2-4-15(5-3-14)21(28)25-10-11-26(20(25)19(27)24-9-8-23)22(29)16-6-7-17-18(12-16)31-13-30-17/h2-7,12,20H,8-11,13,23H2,1H3,(H,24,27). The zero-order valence-corrected chi connectivity index (χ0v) is 17.2. The van der Waals surface area contributed by atoms with Crippen molar-refractivity contribution in [2.45, 2.75) is 13.1 Å². The van der Waals surface area contributed by atoms with Crippen LogP contribution in [0, 0.1) is 6.92 Å². The highest BCUT2D eigenvalue weighted by Crippen LogP contribution is 2.33. The molecule has 0 aromatic heterocycles. The molecule has 9 nitrogen and oxygen atoms in total. The van der Waals surface area contributed by atoms with Crippen LogP contribution in [0.15, 0.2) is 42.5 Å². The van der Waals surface area contributed by atoms with Crippen molar-refractivity contribution in [3.8, 4) is 11.5 Å². The number of ether oxygens (including phenoxy) is 2. The highest BCUT2D eigenvalue weighted by Gasteiger charge is 2.43. The summed E-state index contributed by atoms with van der Waals surface area (Å²) in [5.74, 6) is -0.0926. The second kappa shape index (κ2) is 8.65. The van der Waals surface area contributed by atoms with Crippen LogP contribution in [-0.2, 0) is 4.79 Å². The first-order chi connectivity index (χ1) is 15.0. The molecule has 3 amide bonds. The lowest BCUT2D eigenvalue weighted by Crippen LogP contribution is -2.54. The Hall–Kier alpha value is -3.59. The molecule has 0 saturated carbocycles. The number of carbonyl (C=O) groups is 3. The van der Waals surface area contributed by atoms with E-state index >= 15 is 0 Å². The lowest BCUT2D eigenvalue weighted by molar-refractivity contribution is -0.128. The van der Waals surface area contributed by atoms with Crippen LogP contribution in [0.1, 0.15) is 26.3 Å². The molecule has 2 heterocycles. The maximum absolute atomic E-state index is 13.3. The van der Waals surface area contributed by atoms with Crippen molar-refractivity contribution in [1.29, 1.82) is 0 Å². The third-order valence-corrected chi connectivity index (χ3v) is 5.29. The summed E-state index contributed by atoms with van der Waals surface area (Å²) in [5, 5.41) is 2.70. The fourth-order valence-corrected chi connectivity index (χ4v) is 3.68. The summed E-state index contributed by atoms with van der Waals surface area (Å²) < 4.78 is 10.6. The molecular weight excluding hydrogens is 400 g/mol.